The van der Waals surface area contributed by atoms with E-state index in [1.165, 1.54) is 0 Å². The van der Waals surface area contributed by atoms with Gasteiger partial charge in [0.1, 0.15) is 0 Å². The second kappa shape index (κ2) is 4.98. The highest BCUT2D eigenvalue weighted by molar-refractivity contribution is 5.94. The zero-order valence-corrected chi connectivity index (χ0v) is 11.7. The highest BCUT2D eigenvalue weighted by Crippen LogP contribution is 2.30. The van der Waals surface area contributed by atoms with Gasteiger partial charge in [-0.25, -0.2) is 4.98 Å². The molecule has 0 bridgehead atoms. The molecule has 3 aromatic rings. The SMILES string of the molecule is CN(C)Cn1cnc2c(-c3ccccc3)cc(N)cc21. The van der Waals surface area contributed by atoms with E-state index in [1.54, 1.807) is 0 Å². The summed E-state index contributed by atoms with van der Waals surface area (Å²) < 4.78 is 2.11. The lowest BCUT2D eigenvalue weighted by atomic mass is 10.0. The molecule has 0 spiro atoms. The minimum absolute atomic E-state index is 0.761. The van der Waals surface area contributed by atoms with Gasteiger partial charge in [-0.3, -0.25) is 4.90 Å². The van der Waals surface area contributed by atoms with Crippen LogP contribution in [0.15, 0.2) is 48.8 Å². The van der Waals surface area contributed by atoms with Crippen molar-refractivity contribution in [2.24, 2.45) is 0 Å². The van der Waals surface area contributed by atoms with Gasteiger partial charge in [-0.15, -0.1) is 0 Å². The van der Waals surface area contributed by atoms with Crippen molar-refractivity contribution in [3.05, 3.63) is 48.8 Å². The van der Waals surface area contributed by atoms with E-state index < -0.39 is 0 Å². The number of nitrogen functional groups attached to an aromatic ring is 1. The number of nitrogens with two attached hydrogens (primary N) is 1. The van der Waals surface area contributed by atoms with Crippen molar-refractivity contribution < 1.29 is 0 Å². The van der Waals surface area contributed by atoms with Gasteiger partial charge >= 0.3 is 0 Å². The lowest BCUT2D eigenvalue weighted by Crippen LogP contribution is -2.15. The maximum absolute atomic E-state index is 6.07. The van der Waals surface area contributed by atoms with Crippen molar-refractivity contribution in [2.75, 3.05) is 19.8 Å². The van der Waals surface area contributed by atoms with Crippen molar-refractivity contribution in [2.45, 2.75) is 6.67 Å². The first-order chi connectivity index (χ1) is 9.65. The molecular weight excluding hydrogens is 248 g/mol. The maximum Gasteiger partial charge on any atom is 0.0969 e. The fourth-order valence-corrected chi connectivity index (χ4v) is 2.44. The molecule has 102 valence electrons. The standard InChI is InChI=1S/C16H18N4/c1-19(2)11-20-10-18-16-14(8-13(17)9-15(16)20)12-6-4-3-5-7-12/h3-10H,11,17H2,1-2H3. The maximum atomic E-state index is 6.07. The van der Waals surface area contributed by atoms with E-state index in [2.05, 4.69) is 26.6 Å². The second-order valence-electron chi connectivity index (χ2n) is 5.24. The Morgan fingerprint density at radius 3 is 2.60 bits per heavy atom. The van der Waals surface area contributed by atoms with Crippen LogP contribution in [-0.4, -0.2) is 28.5 Å². The lowest BCUT2D eigenvalue weighted by Gasteiger charge is -2.12. The van der Waals surface area contributed by atoms with Gasteiger partial charge in [0.05, 0.1) is 24.0 Å². The van der Waals surface area contributed by atoms with Crippen LogP contribution in [0.25, 0.3) is 22.2 Å². The first-order valence-corrected chi connectivity index (χ1v) is 6.59. The predicted molar refractivity (Wildman–Crippen MR) is 83.3 cm³/mol. The second-order valence-corrected chi connectivity index (χ2v) is 5.24. The Bertz CT molecular complexity index is 729. The number of anilines is 1. The third-order valence-electron chi connectivity index (χ3n) is 3.27. The van der Waals surface area contributed by atoms with Crippen LogP contribution < -0.4 is 5.73 Å². The van der Waals surface area contributed by atoms with Gasteiger partial charge in [-0.1, -0.05) is 30.3 Å². The molecule has 0 aliphatic rings. The normalized spacial score (nSPS) is 11.3. The van der Waals surface area contributed by atoms with Crippen LogP contribution in [0.4, 0.5) is 5.69 Å². The van der Waals surface area contributed by atoms with Crippen LogP contribution in [0.1, 0.15) is 0 Å². The fraction of sp³-hybridized carbons (Fsp3) is 0.188. The Morgan fingerprint density at radius 2 is 1.90 bits per heavy atom. The number of benzene rings is 2. The van der Waals surface area contributed by atoms with E-state index in [0.717, 1.165) is 34.5 Å². The molecule has 2 N–H and O–H groups in total. The Balaban J connectivity index is 2.21. The Hall–Kier alpha value is -2.33. The monoisotopic (exact) mass is 266 g/mol. The number of rotatable bonds is 3. The topological polar surface area (TPSA) is 47.1 Å². The van der Waals surface area contributed by atoms with Crippen LogP contribution in [0.2, 0.25) is 0 Å². The van der Waals surface area contributed by atoms with E-state index in [-0.39, 0.29) is 0 Å². The van der Waals surface area contributed by atoms with E-state index in [0.29, 0.717) is 0 Å². The summed E-state index contributed by atoms with van der Waals surface area (Å²) in [5, 5.41) is 0. The molecule has 0 aliphatic heterocycles. The average molecular weight is 266 g/mol. The molecule has 20 heavy (non-hydrogen) atoms. The number of hydrogen-bond donors (Lipinski definition) is 1. The van der Waals surface area contributed by atoms with Gasteiger partial charge < -0.3 is 10.3 Å². The molecule has 4 nitrogen and oxygen atoms in total. The molecule has 2 aromatic carbocycles. The summed E-state index contributed by atoms with van der Waals surface area (Å²) in [6.07, 6.45) is 1.87. The number of imidazole rings is 1. The van der Waals surface area contributed by atoms with Crippen molar-refractivity contribution in [1.29, 1.82) is 0 Å². The van der Waals surface area contributed by atoms with E-state index in [9.17, 15) is 0 Å². The van der Waals surface area contributed by atoms with Gasteiger partial charge in [0.25, 0.3) is 0 Å². The first kappa shape index (κ1) is 12.7. The number of fused-ring (bicyclic) bond motifs is 1. The molecule has 3 rings (SSSR count). The van der Waals surface area contributed by atoms with E-state index in [1.807, 2.05) is 50.8 Å². The number of aromatic nitrogens is 2. The van der Waals surface area contributed by atoms with Crippen LogP contribution in [-0.2, 0) is 6.67 Å². The zero-order valence-electron chi connectivity index (χ0n) is 11.7. The van der Waals surface area contributed by atoms with Crippen molar-refractivity contribution >= 4 is 16.7 Å². The summed E-state index contributed by atoms with van der Waals surface area (Å²) in [5.74, 6) is 0. The predicted octanol–water partition coefficient (Wildman–Crippen LogP) is 2.80. The van der Waals surface area contributed by atoms with Gasteiger partial charge in [-0.2, -0.15) is 0 Å². The van der Waals surface area contributed by atoms with Crippen molar-refractivity contribution in [3.8, 4) is 11.1 Å². The summed E-state index contributed by atoms with van der Waals surface area (Å²) in [4.78, 5) is 6.67. The van der Waals surface area contributed by atoms with Crippen molar-refractivity contribution in [3.63, 3.8) is 0 Å². The molecule has 0 fully saturated rings. The molecular formula is C16H18N4. The van der Waals surface area contributed by atoms with Crippen LogP contribution in [0.5, 0.6) is 0 Å². The highest BCUT2D eigenvalue weighted by Gasteiger charge is 2.10. The van der Waals surface area contributed by atoms with Crippen molar-refractivity contribution in [1.82, 2.24) is 14.5 Å². The third-order valence-corrected chi connectivity index (χ3v) is 3.27. The Labute approximate surface area is 118 Å². The fourth-order valence-electron chi connectivity index (χ4n) is 2.44. The summed E-state index contributed by atoms with van der Waals surface area (Å²) in [6, 6.07) is 14.2. The Morgan fingerprint density at radius 1 is 1.15 bits per heavy atom. The zero-order chi connectivity index (χ0) is 14.1. The molecule has 4 heteroatoms. The summed E-state index contributed by atoms with van der Waals surface area (Å²) in [6.45, 7) is 0.786. The number of hydrogen-bond acceptors (Lipinski definition) is 3. The quantitative estimate of drug-likeness (QED) is 0.741. The van der Waals surface area contributed by atoms with Gasteiger partial charge in [0, 0.05) is 11.3 Å². The molecule has 0 radical (unpaired) electrons. The van der Waals surface area contributed by atoms with E-state index in [4.69, 9.17) is 5.73 Å². The minimum Gasteiger partial charge on any atom is -0.399 e. The van der Waals surface area contributed by atoms with Gasteiger partial charge in [-0.05, 0) is 31.8 Å². The third kappa shape index (κ3) is 2.26. The minimum atomic E-state index is 0.761. The molecule has 1 heterocycles. The smallest absolute Gasteiger partial charge is 0.0969 e. The van der Waals surface area contributed by atoms with E-state index >= 15 is 0 Å². The van der Waals surface area contributed by atoms with Crippen LogP contribution in [0, 0.1) is 0 Å². The van der Waals surface area contributed by atoms with Crippen LogP contribution in [0.3, 0.4) is 0 Å². The summed E-state index contributed by atoms with van der Waals surface area (Å²) >= 11 is 0. The summed E-state index contributed by atoms with van der Waals surface area (Å²) in [7, 11) is 4.08. The van der Waals surface area contributed by atoms with Crippen LogP contribution >= 0.6 is 0 Å². The molecule has 0 unspecified atom stereocenters. The van der Waals surface area contributed by atoms with Gasteiger partial charge in [0.2, 0.25) is 0 Å². The number of nitrogens with zero attached hydrogens (tertiary/aromatic N) is 3. The molecule has 0 amide bonds. The Kier molecular flexibility index (Phi) is 3.16. The highest BCUT2D eigenvalue weighted by atomic mass is 15.2. The lowest BCUT2D eigenvalue weighted by molar-refractivity contribution is 0.331. The molecule has 0 saturated heterocycles. The molecule has 1 aromatic heterocycles. The molecule has 0 atom stereocenters. The summed E-state index contributed by atoms with van der Waals surface area (Å²) in [5.41, 5.74) is 11.1. The largest absolute Gasteiger partial charge is 0.399 e. The molecule has 0 saturated carbocycles. The molecule has 0 aliphatic carbocycles. The van der Waals surface area contributed by atoms with Gasteiger partial charge in [0.15, 0.2) is 0 Å². The average Bonchev–Trinajstić information content (AvgIpc) is 2.81. The first-order valence-electron chi connectivity index (χ1n) is 6.59.